The molecule has 41 heavy (non-hydrogen) atoms. The predicted molar refractivity (Wildman–Crippen MR) is 165 cm³/mol. The van der Waals surface area contributed by atoms with Gasteiger partial charge < -0.3 is 20.3 Å². The van der Waals surface area contributed by atoms with Crippen LogP contribution in [0.5, 0.6) is 0 Å². The molecule has 0 aromatic heterocycles. The number of hydrogen-bond acceptors (Lipinski definition) is 6. The molecule has 0 aliphatic carbocycles. The van der Waals surface area contributed by atoms with E-state index in [-0.39, 0.29) is 11.6 Å². The number of rotatable bonds is 18. The molecule has 3 N–H and O–H groups in total. The Morgan fingerprint density at radius 1 is 0.878 bits per heavy atom. The summed E-state index contributed by atoms with van der Waals surface area (Å²) in [5, 5.41) is 36.6. The summed E-state index contributed by atoms with van der Waals surface area (Å²) in [6.45, 7) is 0.279. The second kappa shape index (κ2) is 16.9. The monoisotopic (exact) mass is 581 g/mol. The van der Waals surface area contributed by atoms with Gasteiger partial charge in [0.15, 0.2) is 0 Å². The van der Waals surface area contributed by atoms with Gasteiger partial charge in [0, 0.05) is 25.7 Å². The molecular formula is C32H42N2O6P+. The third-order valence-corrected chi connectivity index (χ3v) is 12.1. The minimum absolute atomic E-state index is 0.0896. The summed E-state index contributed by atoms with van der Waals surface area (Å²) in [6, 6.07) is 26.2. The molecule has 0 fully saturated rings. The fraction of sp³-hybridized carbons (Fsp3) is 0.406. The first kappa shape index (κ1) is 32.4. The molecule has 0 saturated carbocycles. The Balaban J connectivity index is 1.47. The number of non-ortho nitro benzene ring substituents is 1. The smallest absolute Gasteiger partial charge is 0.269 e. The maximum Gasteiger partial charge on any atom is 0.269 e. The first-order valence-electron chi connectivity index (χ1n) is 14.2. The van der Waals surface area contributed by atoms with Crippen molar-refractivity contribution in [2.75, 3.05) is 32.6 Å². The van der Waals surface area contributed by atoms with Gasteiger partial charge in [0.1, 0.15) is 6.10 Å². The van der Waals surface area contributed by atoms with Crippen molar-refractivity contribution in [2.45, 2.75) is 50.7 Å². The maximum absolute atomic E-state index is 12.5. The lowest BCUT2D eigenvalue weighted by Crippen LogP contribution is -2.41. The van der Waals surface area contributed by atoms with Gasteiger partial charge in [-0.3, -0.25) is 14.9 Å². The van der Waals surface area contributed by atoms with E-state index < -0.39 is 30.9 Å². The molecular weight excluding hydrogens is 539 g/mol. The van der Waals surface area contributed by atoms with Crippen LogP contribution in [0.1, 0.15) is 50.2 Å². The number of aliphatic hydroxyl groups excluding tert-OH is 2. The van der Waals surface area contributed by atoms with Gasteiger partial charge in [-0.15, -0.1) is 0 Å². The number of carbonyl (C=O) groups is 1. The SMILES string of the molecule is COCC[P+](CCCCCCCC(=O)N[C@H](CO)[C@H](O)c1ccc([N+](=O)[O-])cc1)(c1ccccc1)c1ccccc1. The number of hydrogen-bond donors (Lipinski definition) is 3. The molecule has 9 heteroatoms. The molecule has 2 atom stereocenters. The highest BCUT2D eigenvalue weighted by Crippen LogP contribution is 2.56. The standard InChI is InChI=1S/C32H41N2O6P/c1-40-22-24-41(28-13-7-5-8-14-28,29-15-9-6-10-16-29)23-12-4-2-3-11-17-31(36)33-30(25-35)32(37)26-18-20-27(21-19-26)34(38)39/h5-10,13-16,18-21,30,32,35,37H,2-4,11-12,17,22-25H2,1H3/p+1/t30-,32-/m1/s1. The number of nitrogens with zero attached hydrogens (tertiary/aromatic N) is 1. The normalized spacial score (nSPS) is 13.0. The molecule has 0 spiro atoms. The van der Waals surface area contributed by atoms with Crippen LogP contribution in [0.4, 0.5) is 5.69 Å². The number of aliphatic hydroxyl groups is 2. The Kier molecular flexibility index (Phi) is 13.4. The lowest BCUT2D eigenvalue weighted by atomic mass is 10.0. The zero-order valence-electron chi connectivity index (χ0n) is 23.7. The molecule has 0 aliphatic rings. The van der Waals surface area contributed by atoms with Gasteiger partial charge in [-0.05, 0) is 61.2 Å². The van der Waals surface area contributed by atoms with Crippen molar-refractivity contribution >= 4 is 29.5 Å². The number of unbranched alkanes of at least 4 members (excludes halogenated alkanes) is 4. The van der Waals surface area contributed by atoms with Crippen molar-refractivity contribution in [1.82, 2.24) is 5.32 Å². The summed E-state index contributed by atoms with van der Waals surface area (Å²) in [5.74, 6) is -0.234. The number of methoxy groups -OCH3 is 1. The summed E-state index contributed by atoms with van der Waals surface area (Å²) in [6.07, 6.45) is 6.11. The van der Waals surface area contributed by atoms with E-state index >= 15 is 0 Å². The lowest BCUT2D eigenvalue weighted by Gasteiger charge is -2.27. The summed E-state index contributed by atoms with van der Waals surface area (Å²) < 4.78 is 5.54. The van der Waals surface area contributed by atoms with Gasteiger partial charge in [-0.25, -0.2) is 0 Å². The van der Waals surface area contributed by atoms with Crippen LogP contribution in [0.2, 0.25) is 0 Å². The third-order valence-electron chi connectivity index (χ3n) is 7.49. The van der Waals surface area contributed by atoms with Crippen molar-refractivity contribution in [3.05, 3.63) is 101 Å². The van der Waals surface area contributed by atoms with Crippen LogP contribution in [0.3, 0.4) is 0 Å². The fourth-order valence-corrected chi connectivity index (χ4v) is 9.48. The molecule has 0 bridgehead atoms. The molecule has 0 aliphatic heterocycles. The number of ether oxygens (including phenoxy) is 1. The molecule has 3 rings (SSSR count). The molecule has 3 aromatic rings. The summed E-state index contributed by atoms with van der Waals surface area (Å²) in [4.78, 5) is 22.8. The first-order chi connectivity index (χ1) is 19.9. The number of nitrogens with one attached hydrogen (secondary N) is 1. The van der Waals surface area contributed by atoms with Crippen LogP contribution in [-0.2, 0) is 9.53 Å². The van der Waals surface area contributed by atoms with E-state index in [1.165, 1.54) is 34.9 Å². The minimum Gasteiger partial charge on any atom is -0.394 e. The topological polar surface area (TPSA) is 122 Å². The number of nitro benzene ring substituents is 1. The summed E-state index contributed by atoms with van der Waals surface area (Å²) in [5.41, 5.74) is 0.304. The van der Waals surface area contributed by atoms with Gasteiger partial charge in [-0.1, -0.05) is 49.2 Å². The molecule has 8 nitrogen and oxygen atoms in total. The zero-order chi connectivity index (χ0) is 29.5. The summed E-state index contributed by atoms with van der Waals surface area (Å²) >= 11 is 0. The van der Waals surface area contributed by atoms with E-state index in [1.54, 1.807) is 7.11 Å². The third kappa shape index (κ3) is 9.44. The number of amides is 1. The van der Waals surface area contributed by atoms with Crippen LogP contribution >= 0.6 is 7.26 Å². The molecule has 0 radical (unpaired) electrons. The van der Waals surface area contributed by atoms with Gasteiger partial charge in [-0.2, -0.15) is 0 Å². The van der Waals surface area contributed by atoms with Gasteiger partial charge >= 0.3 is 0 Å². The quantitative estimate of drug-likeness (QED) is 0.0862. The van der Waals surface area contributed by atoms with E-state index in [4.69, 9.17) is 4.74 Å². The Morgan fingerprint density at radius 3 is 1.98 bits per heavy atom. The average Bonchev–Trinajstić information content (AvgIpc) is 3.01. The zero-order valence-corrected chi connectivity index (χ0v) is 24.6. The maximum atomic E-state index is 12.5. The molecule has 1 amide bonds. The van der Waals surface area contributed by atoms with Crippen LogP contribution in [0.25, 0.3) is 0 Å². The van der Waals surface area contributed by atoms with E-state index in [0.717, 1.165) is 51.0 Å². The second-order valence-electron chi connectivity index (χ2n) is 10.2. The Hall–Kier alpha value is -3.16. The van der Waals surface area contributed by atoms with Crippen molar-refractivity contribution in [2.24, 2.45) is 0 Å². The van der Waals surface area contributed by atoms with Gasteiger partial charge in [0.2, 0.25) is 5.91 Å². The fourth-order valence-electron chi connectivity index (χ4n) is 5.18. The van der Waals surface area contributed by atoms with E-state index in [0.29, 0.717) is 12.0 Å². The van der Waals surface area contributed by atoms with E-state index in [2.05, 4.69) is 66.0 Å². The largest absolute Gasteiger partial charge is 0.394 e. The summed E-state index contributed by atoms with van der Waals surface area (Å²) in [7, 11) is 0.143. The van der Waals surface area contributed by atoms with E-state index in [1.807, 2.05) is 0 Å². The Bertz CT molecular complexity index is 1150. The second-order valence-corrected chi connectivity index (χ2v) is 14.1. The molecule has 3 aromatic carbocycles. The highest BCUT2D eigenvalue weighted by atomic mass is 31.2. The molecule has 0 unspecified atom stereocenters. The van der Waals surface area contributed by atoms with Crippen LogP contribution in [-0.4, -0.2) is 59.7 Å². The van der Waals surface area contributed by atoms with E-state index in [9.17, 15) is 25.1 Å². The minimum atomic E-state index is -1.62. The average molecular weight is 582 g/mol. The highest BCUT2D eigenvalue weighted by Gasteiger charge is 2.41. The lowest BCUT2D eigenvalue weighted by molar-refractivity contribution is -0.384. The highest BCUT2D eigenvalue weighted by molar-refractivity contribution is 7.89. The van der Waals surface area contributed by atoms with Crippen molar-refractivity contribution in [3.63, 3.8) is 0 Å². The van der Waals surface area contributed by atoms with Crippen molar-refractivity contribution in [1.29, 1.82) is 0 Å². The van der Waals surface area contributed by atoms with Crippen molar-refractivity contribution < 1.29 is 24.7 Å². The predicted octanol–water partition coefficient (Wildman–Crippen LogP) is 4.76. The van der Waals surface area contributed by atoms with Gasteiger partial charge in [0.25, 0.3) is 5.69 Å². The number of benzene rings is 3. The molecule has 0 saturated heterocycles. The number of carbonyl (C=O) groups excluding carboxylic acids is 1. The van der Waals surface area contributed by atoms with Gasteiger partial charge in [0.05, 0.1) is 54.4 Å². The van der Waals surface area contributed by atoms with Crippen LogP contribution < -0.4 is 15.9 Å². The first-order valence-corrected chi connectivity index (χ1v) is 16.4. The van der Waals surface area contributed by atoms with Crippen LogP contribution in [0.15, 0.2) is 84.9 Å². The van der Waals surface area contributed by atoms with Crippen molar-refractivity contribution in [3.8, 4) is 0 Å². The Labute approximate surface area is 243 Å². The molecule has 220 valence electrons. The number of nitro groups is 1. The Morgan fingerprint density at radius 2 is 1.44 bits per heavy atom. The van der Waals surface area contributed by atoms with Crippen LogP contribution in [0, 0.1) is 10.1 Å². The molecule has 0 heterocycles.